The van der Waals surface area contributed by atoms with E-state index in [1.54, 1.807) is 0 Å². The van der Waals surface area contributed by atoms with Gasteiger partial charge in [0.1, 0.15) is 5.82 Å². The number of aromatic nitrogens is 4. The topological polar surface area (TPSA) is 120 Å². The number of carbonyl (C=O) groups excluding carboxylic acids is 1. The number of nitrogens with zero attached hydrogens (tertiary/aromatic N) is 4. The summed E-state index contributed by atoms with van der Waals surface area (Å²) in [6.45, 7) is 0. The molecule has 0 aliphatic heterocycles. The van der Waals surface area contributed by atoms with Crippen LogP contribution in [0.1, 0.15) is 16.1 Å². The van der Waals surface area contributed by atoms with Gasteiger partial charge in [-0.25, -0.2) is 8.78 Å². The number of carbonyl (C=O) groups is 1. The van der Waals surface area contributed by atoms with Crippen LogP contribution in [0.25, 0.3) is 11.3 Å². The van der Waals surface area contributed by atoms with E-state index in [4.69, 9.17) is 11.6 Å². The number of nitrogens with one attached hydrogen (secondary N) is 3. The lowest BCUT2D eigenvalue weighted by atomic mass is 10.1. The molecule has 2 aromatic heterocycles. The number of H-pyrrole nitrogens is 1. The lowest BCUT2D eigenvalue weighted by molar-refractivity contribution is -0.141. The van der Waals surface area contributed by atoms with Crippen LogP contribution >= 0.6 is 11.6 Å². The molecule has 0 aliphatic rings. The van der Waals surface area contributed by atoms with Crippen LogP contribution in [0, 0.1) is 11.6 Å². The van der Waals surface area contributed by atoms with E-state index < -0.39 is 46.7 Å². The van der Waals surface area contributed by atoms with Crippen molar-refractivity contribution in [2.45, 2.75) is 6.18 Å². The predicted molar refractivity (Wildman–Crippen MR) is 123 cm³/mol. The van der Waals surface area contributed by atoms with E-state index in [0.717, 1.165) is 35.1 Å². The van der Waals surface area contributed by atoms with Crippen molar-refractivity contribution in [1.82, 2.24) is 25.3 Å². The minimum absolute atomic E-state index is 0.00351. The molecule has 0 aliphatic carbocycles. The Kier molecular flexibility index (Phi) is 6.85. The fourth-order valence-electron chi connectivity index (χ4n) is 3.19. The van der Waals surface area contributed by atoms with Gasteiger partial charge in [0.05, 0.1) is 11.3 Å². The van der Waals surface area contributed by atoms with Gasteiger partial charge in [-0.05, 0) is 36.4 Å². The Morgan fingerprint density at radius 3 is 2.59 bits per heavy atom. The van der Waals surface area contributed by atoms with Gasteiger partial charge in [0, 0.05) is 35.6 Å². The van der Waals surface area contributed by atoms with Gasteiger partial charge < -0.3 is 10.4 Å². The number of aromatic amines is 1. The molecule has 0 spiro atoms. The summed E-state index contributed by atoms with van der Waals surface area (Å²) in [4.78, 5) is 16.8. The van der Waals surface area contributed by atoms with Crippen molar-refractivity contribution in [2.75, 3.05) is 5.32 Å². The molecule has 37 heavy (non-hydrogen) atoms. The largest absolute Gasteiger partial charge is 0.505 e. The zero-order chi connectivity index (χ0) is 26.9. The third kappa shape index (κ3) is 6.03. The highest BCUT2D eigenvalue weighted by Gasteiger charge is 2.39. The van der Waals surface area contributed by atoms with Crippen LogP contribution in [-0.2, 0) is 13.2 Å². The summed E-state index contributed by atoms with van der Waals surface area (Å²) >= 11 is 5.86. The Hall–Kier alpha value is -4.46. The summed E-state index contributed by atoms with van der Waals surface area (Å²) in [6, 6.07) is 8.21. The predicted octanol–water partition coefficient (Wildman–Crippen LogP) is 5.00. The van der Waals surface area contributed by atoms with Crippen LogP contribution in [0.4, 0.5) is 33.5 Å². The van der Waals surface area contributed by atoms with Gasteiger partial charge in [0.25, 0.3) is 5.91 Å². The van der Waals surface area contributed by atoms with Gasteiger partial charge in [0.15, 0.2) is 23.1 Å². The molecule has 0 saturated carbocycles. The third-order valence-corrected chi connectivity index (χ3v) is 4.97. The van der Waals surface area contributed by atoms with E-state index in [0.29, 0.717) is 5.56 Å². The Morgan fingerprint density at radius 1 is 1.16 bits per heavy atom. The molecule has 0 saturated heterocycles. The lowest BCUT2D eigenvalue weighted by Gasteiger charge is -2.12. The van der Waals surface area contributed by atoms with E-state index in [2.05, 4.69) is 30.9 Å². The Balaban J connectivity index is 1.69. The first-order valence-electron chi connectivity index (χ1n) is 10.2. The number of rotatable bonds is 4. The highest BCUT2D eigenvalue weighted by molar-refractivity contribution is 6.31. The number of alkyl halides is 3. The second-order valence-electron chi connectivity index (χ2n) is 7.57. The van der Waals surface area contributed by atoms with Crippen LogP contribution in [-0.4, -0.2) is 37.0 Å². The van der Waals surface area contributed by atoms with Crippen molar-refractivity contribution in [3.63, 3.8) is 0 Å². The van der Waals surface area contributed by atoms with Gasteiger partial charge in [-0.2, -0.15) is 28.4 Å². The fraction of sp³-hybridized carbons (Fsp3) is 0.0909. The Morgan fingerprint density at radius 2 is 1.92 bits per heavy atom. The van der Waals surface area contributed by atoms with E-state index in [1.165, 1.54) is 25.2 Å². The maximum Gasteiger partial charge on any atom is 0.435 e. The van der Waals surface area contributed by atoms with Crippen molar-refractivity contribution in [3.05, 3.63) is 76.6 Å². The van der Waals surface area contributed by atoms with Crippen LogP contribution in [0.3, 0.4) is 0 Å². The summed E-state index contributed by atoms with van der Waals surface area (Å²) in [5, 5.41) is 23.9. The number of guanidine groups is 1. The van der Waals surface area contributed by atoms with Crippen molar-refractivity contribution in [3.8, 4) is 17.0 Å². The number of aliphatic imine (C=N–C) groups is 1. The van der Waals surface area contributed by atoms with Gasteiger partial charge in [-0.15, -0.1) is 0 Å². The molecule has 0 bridgehead atoms. The van der Waals surface area contributed by atoms with Gasteiger partial charge in [-0.3, -0.25) is 19.9 Å². The van der Waals surface area contributed by atoms with Gasteiger partial charge in [0.2, 0.25) is 5.96 Å². The maximum absolute atomic E-state index is 13.8. The van der Waals surface area contributed by atoms with Crippen LogP contribution < -0.4 is 10.6 Å². The number of aryl methyl sites for hydroxylation is 1. The second-order valence-corrected chi connectivity index (χ2v) is 8.00. The maximum atomic E-state index is 13.8. The summed E-state index contributed by atoms with van der Waals surface area (Å²) in [5.41, 5.74) is -1.63. The summed E-state index contributed by atoms with van der Waals surface area (Å²) in [7, 11) is 1.21. The summed E-state index contributed by atoms with van der Waals surface area (Å²) in [5.74, 6) is -3.91. The fourth-order valence-corrected chi connectivity index (χ4v) is 3.42. The average Bonchev–Trinajstić information content (AvgIpc) is 3.41. The first-order valence-corrected chi connectivity index (χ1v) is 10.5. The van der Waals surface area contributed by atoms with E-state index >= 15 is 0 Å². The molecule has 4 aromatic rings. The van der Waals surface area contributed by atoms with Crippen molar-refractivity contribution >= 4 is 35.0 Å². The molecule has 2 heterocycles. The number of aromatic hydroxyl groups is 1. The minimum Gasteiger partial charge on any atom is -0.505 e. The van der Waals surface area contributed by atoms with Gasteiger partial charge >= 0.3 is 6.18 Å². The molecule has 0 fully saturated rings. The molecule has 4 rings (SSSR count). The zero-order valence-corrected chi connectivity index (χ0v) is 19.3. The molecule has 15 heteroatoms. The van der Waals surface area contributed by atoms with E-state index in [-0.39, 0.29) is 22.2 Å². The normalized spacial score (nSPS) is 12.0. The van der Waals surface area contributed by atoms with Crippen molar-refractivity contribution < 1.29 is 31.9 Å². The molecule has 192 valence electrons. The minimum atomic E-state index is -4.91. The highest BCUT2D eigenvalue weighted by atomic mass is 35.5. The van der Waals surface area contributed by atoms with Crippen LogP contribution in [0.2, 0.25) is 5.02 Å². The molecule has 2 aromatic carbocycles. The smallest absolute Gasteiger partial charge is 0.435 e. The number of hydrogen-bond acceptors (Lipinski definition) is 5. The first kappa shape index (κ1) is 25.6. The monoisotopic (exact) mass is 539 g/mol. The van der Waals surface area contributed by atoms with E-state index in [9.17, 15) is 31.9 Å². The Bertz CT molecular complexity index is 1490. The third-order valence-electron chi connectivity index (χ3n) is 4.75. The molecule has 4 N–H and O–H groups in total. The first-order chi connectivity index (χ1) is 17.4. The molecule has 9 nitrogen and oxygen atoms in total. The number of phenolic OH excluding ortho intramolecular Hbond substituents is 1. The summed E-state index contributed by atoms with van der Waals surface area (Å²) in [6.07, 6.45) is -4.04. The molecular formula is C22H15ClF5N7O2. The SMILES string of the molecule is Cn1cc(C(=O)NC(=Nc2cc(-c3ccc(O)c(F)c3)[nH]n2)Nc2cc(F)cc(Cl)c2)c(C(F)(F)F)n1. The van der Waals surface area contributed by atoms with Gasteiger partial charge in [-0.1, -0.05) is 11.6 Å². The summed E-state index contributed by atoms with van der Waals surface area (Å²) < 4.78 is 68.4. The number of anilines is 1. The number of halogens is 6. The average molecular weight is 540 g/mol. The molecule has 0 unspecified atom stereocenters. The molecule has 0 radical (unpaired) electrons. The second kappa shape index (κ2) is 9.89. The number of phenols is 1. The Labute approximate surface area is 209 Å². The van der Waals surface area contributed by atoms with Crippen LogP contribution in [0.5, 0.6) is 5.75 Å². The molecular weight excluding hydrogens is 525 g/mol. The lowest BCUT2D eigenvalue weighted by Crippen LogP contribution is -2.36. The van der Waals surface area contributed by atoms with Crippen molar-refractivity contribution in [1.29, 1.82) is 0 Å². The highest BCUT2D eigenvalue weighted by Crippen LogP contribution is 2.31. The number of benzene rings is 2. The standard InChI is InChI=1S/C22H15ClF5N7O2/c1-35-9-14(19(34-35)22(26,27)28)20(37)31-21(29-13-6-11(23)5-12(24)7-13)30-18-8-16(32-33-18)10-2-3-17(36)15(25)4-10/h2-9,36H,1H3,(H3,29,30,31,32,33,37). The molecule has 1 amide bonds. The quantitative estimate of drug-likeness (QED) is 0.165. The molecule has 0 atom stereocenters. The number of hydrogen-bond donors (Lipinski definition) is 4. The van der Waals surface area contributed by atoms with E-state index in [1.807, 2.05) is 0 Å². The number of amides is 1. The van der Waals surface area contributed by atoms with Crippen molar-refractivity contribution in [2.24, 2.45) is 12.0 Å². The zero-order valence-electron chi connectivity index (χ0n) is 18.5. The van der Waals surface area contributed by atoms with Crippen LogP contribution in [0.15, 0.2) is 53.7 Å².